The smallest absolute Gasteiger partial charge is 0.185 e. The minimum absolute atomic E-state index is 0.430. The molecule has 0 bridgehead atoms. The van der Waals surface area contributed by atoms with Gasteiger partial charge < -0.3 is 9.88 Å². The molecule has 0 saturated carbocycles. The molecule has 2 aromatic heterocycles. The molecule has 0 unspecified atom stereocenters. The fraction of sp³-hybridized carbons (Fsp3) is 0.500. The zero-order chi connectivity index (χ0) is 10.3. The Bertz CT molecular complexity index is 467. The monoisotopic (exact) mass is 205 g/mol. The van der Waals surface area contributed by atoms with Crippen LogP contribution in [0.15, 0.2) is 12.5 Å². The molecule has 0 aromatic carbocycles. The van der Waals surface area contributed by atoms with Crippen molar-refractivity contribution in [3.63, 3.8) is 0 Å². The van der Waals surface area contributed by atoms with Crippen LogP contribution in [0.5, 0.6) is 0 Å². The third kappa shape index (κ3) is 1.32. The van der Waals surface area contributed by atoms with Crippen molar-refractivity contribution in [3.8, 4) is 11.5 Å². The van der Waals surface area contributed by atoms with Gasteiger partial charge in [-0.05, 0) is 0 Å². The van der Waals surface area contributed by atoms with Crippen LogP contribution in [0.1, 0.15) is 6.04 Å². The maximum absolute atomic E-state index is 4.08. The molecule has 7 heteroatoms. The molecule has 1 saturated heterocycles. The van der Waals surface area contributed by atoms with Crippen LogP contribution in [-0.2, 0) is 7.05 Å². The van der Waals surface area contributed by atoms with E-state index < -0.39 is 0 Å². The highest BCUT2D eigenvalue weighted by molar-refractivity contribution is 5.46. The first-order valence-corrected chi connectivity index (χ1v) is 4.81. The SMILES string of the molecule is Cn1cnnc1-c1cn(C2CNC2)nn1. The molecule has 15 heavy (non-hydrogen) atoms. The Hall–Kier alpha value is -1.76. The molecule has 0 amide bonds. The van der Waals surface area contributed by atoms with Gasteiger partial charge in [0.25, 0.3) is 0 Å². The number of hydrogen-bond acceptors (Lipinski definition) is 5. The van der Waals surface area contributed by atoms with Crippen molar-refractivity contribution >= 4 is 0 Å². The quantitative estimate of drug-likeness (QED) is 0.696. The van der Waals surface area contributed by atoms with Crippen molar-refractivity contribution in [3.05, 3.63) is 12.5 Å². The molecule has 1 aliphatic rings. The van der Waals surface area contributed by atoms with Crippen LogP contribution in [0.4, 0.5) is 0 Å². The Balaban J connectivity index is 1.93. The minimum Gasteiger partial charge on any atom is -0.315 e. The van der Waals surface area contributed by atoms with Crippen molar-refractivity contribution in [2.45, 2.75) is 6.04 Å². The molecule has 7 nitrogen and oxygen atoms in total. The lowest BCUT2D eigenvalue weighted by atomic mass is 10.2. The predicted molar refractivity (Wildman–Crippen MR) is 51.9 cm³/mol. The van der Waals surface area contributed by atoms with Crippen LogP contribution in [0.3, 0.4) is 0 Å². The Labute approximate surface area is 86.1 Å². The standard InChI is InChI=1S/C8H11N7/c1-14-5-10-12-8(14)7-4-15(13-11-7)6-2-9-3-6/h4-6,9H,2-3H2,1H3. The van der Waals surface area contributed by atoms with Gasteiger partial charge in [-0.3, -0.25) is 0 Å². The summed E-state index contributed by atoms with van der Waals surface area (Å²) in [6.45, 7) is 1.92. The predicted octanol–water partition coefficient (Wildman–Crippen LogP) is -0.782. The molecule has 0 atom stereocenters. The van der Waals surface area contributed by atoms with E-state index in [0.717, 1.165) is 24.6 Å². The van der Waals surface area contributed by atoms with Crippen LogP contribution in [0.2, 0.25) is 0 Å². The van der Waals surface area contributed by atoms with Crippen LogP contribution >= 0.6 is 0 Å². The molecule has 2 aromatic rings. The summed E-state index contributed by atoms with van der Waals surface area (Å²) in [5, 5.41) is 19.2. The molecular weight excluding hydrogens is 194 g/mol. The lowest BCUT2D eigenvalue weighted by Gasteiger charge is -2.26. The Kier molecular flexibility index (Phi) is 1.78. The van der Waals surface area contributed by atoms with E-state index in [1.807, 2.05) is 22.5 Å². The molecule has 1 aliphatic heterocycles. The molecule has 3 heterocycles. The van der Waals surface area contributed by atoms with Gasteiger partial charge in [-0.25, -0.2) is 4.68 Å². The van der Waals surface area contributed by atoms with Gasteiger partial charge in [0.15, 0.2) is 11.5 Å². The number of rotatable bonds is 2. The first kappa shape index (κ1) is 8.54. The summed E-state index contributed by atoms with van der Waals surface area (Å²) in [6.07, 6.45) is 3.56. The van der Waals surface area contributed by atoms with E-state index in [4.69, 9.17) is 0 Å². The summed E-state index contributed by atoms with van der Waals surface area (Å²) in [7, 11) is 1.89. The molecular formula is C8H11N7. The van der Waals surface area contributed by atoms with Gasteiger partial charge in [-0.1, -0.05) is 5.21 Å². The van der Waals surface area contributed by atoms with E-state index in [0.29, 0.717) is 6.04 Å². The zero-order valence-electron chi connectivity index (χ0n) is 8.33. The Morgan fingerprint density at radius 2 is 2.27 bits per heavy atom. The topological polar surface area (TPSA) is 73.5 Å². The number of aromatic nitrogens is 6. The van der Waals surface area contributed by atoms with Gasteiger partial charge in [0.05, 0.1) is 12.2 Å². The highest BCUT2D eigenvalue weighted by atomic mass is 15.5. The lowest BCUT2D eigenvalue weighted by Crippen LogP contribution is -2.43. The summed E-state index contributed by atoms with van der Waals surface area (Å²) >= 11 is 0. The highest BCUT2D eigenvalue weighted by Crippen LogP contribution is 2.15. The minimum atomic E-state index is 0.430. The summed E-state index contributed by atoms with van der Waals surface area (Å²) in [4.78, 5) is 0. The first-order chi connectivity index (χ1) is 7.34. The fourth-order valence-corrected chi connectivity index (χ4v) is 1.53. The van der Waals surface area contributed by atoms with Gasteiger partial charge in [0, 0.05) is 20.1 Å². The van der Waals surface area contributed by atoms with Crippen LogP contribution in [0, 0.1) is 0 Å². The third-order valence-electron chi connectivity index (χ3n) is 2.58. The van der Waals surface area contributed by atoms with Crippen molar-refractivity contribution in [1.82, 2.24) is 35.1 Å². The molecule has 3 rings (SSSR count). The van der Waals surface area contributed by atoms with E-state index in [2.05, 4.69) is 25.8 Å². The van der Waals surface area contributed by atoms with Crippen molar-refractivity contribution in [2.24, 2.45) is 7.05 Å². The second kappa shape index (κ2) is 3.13. The van der Waals surface area contributed by atoms with Gasteiger partial charge in [-0.2, -0.15) is 0 Å². The van der Waals surface area contributed by atoms with Crippen LogP contribution < -0.4 is 5.32 Å². The largest absolute Gasteiger partial charge is 0.315 e. The van der Waals surface area contributed by atoms with Crippen LogP contribution in [0.25, 0.3) is 11.5 Å². The molecule has 0 radical (unpaired) electrons. The Morgan fingerprint density at radius 1 is 1.40 bits per heavy atom. The van der Waals surface area contributed by atoms with Gasteiger partial charge in [0.1, 0.15) is 6.33 Å². The van der Waals surface area contributed by atoms with Gasteiger partial charge >= 0.3 is 0 Å². The normalized spacial score (nSPS) is 16.6. The molecule has 1 fully saturated rings. The fourth-order valence-electron chi connectivity index (χ4n) is 1.53. The lowest BCUT2D eigenvalue weighted by molar-refractivity contribution is 0.313. The zero-order valence-corrected chi connectivity index (χ0v) is 8.33. The Morgan fingerprint density at radius 3 is 2.87 bits per heavy atom. The van der Waals surface area contributed by atoms with Crippen molar-refractivity contribution in [1.29, 1.82) is 0 Å². The third-order valence-corrected chi connectivity index (χ3v) is 2.58. The maximum Gasteiger partial charge on any atom is 0.185 e. The van der Waals surface area contributed by atoms with E-state index in [9.17, 15) is 0 Å². The van der Waals surface area contributed by atoms with E-state index in [1.165, 1.54) is 0 Å². The molecule has 1 N–H and O–H groups in total. The number of aryl methyl sites for hydroxylation is 1. The van der Waals surface area contributed by atoms with E-state index >= 15 is 0 Å². The number of nitrogens with one attached hydrogen (secondary N) is 1. The molecule has 0 aliphatic carbocycles. The average Bonchev–Trinajstić information content (AvgIpc) is 2.70. The molecule has 0 spiro atoms. The summed E-state index contributed by atoms with van der Waals surface area (Å²) < 4.78 is 3.70. The second-order valence-electron chi connectivity index (χ2n) is 3.66. The van der Waals surface area contributed by atoms with Crippen molar-refractivity contribution in [2.75, 3.05) is 13.1 Å². The van der Waals surface area contributed by atoms with E-state index in [-0.39, 0.29) is 0 Å². The number of hydrogen-bond donors (Lipinski definition) is 1. The van der Waals surface area contributed by atoms with Gasteiger partial charge in [0.2, 0.25) is 0 Å². The number of nitrogens with zero attached hydrogens (tertiary/aromatic N) is 6. The molecule has 78 valence electrons. The maximum atomic E-state index is 4.08. The van der Waals surface area contributed by atoms with Gasteiger partial charge in [-0.15, -0.1) is 15.3 Å². The average molecular weight is 205 g/mol. The second-order valence-corrected chi connectivity index (χ2v) is 3.66. The van der Waals surface area contributed by atoms with E-state index in [1.54, 1.807) is 6.33 Å². The van der Waals surface area contributed by atoms with Crippen molar-refractivity contribution < 1.29 is 0 Å². The summed E-state index contributed by atoms with van der Waals surface area (Å²) in [5.41, 5.74) is 0.766. The summed E-state index contributed by atoms with van der Waals surface area (Å²) in [5.74, 6) is 0.744. The first-order valence-electron chi connectivity index (χ1n) is 4.81. The highest BCUT2D eigenvalue weighted by Gasteiger charge is 2.21. The van der Waals surface area contributed by atoms with Crippen LogP contribution in [-0.4, -0.2) is 42.8 Å². The summed E-state index contributed by atoms with van der Waals surface area (Å²) in [6, 6.07) is 0.430.